The molecule has 0 aliphatic rings. The molecule has 0 unspecified atom stereocenters. The van der Waals surface area contributed by atoms with Gasteiger partial charge in [-0.2, -0.15) is 0 Å². The zero-order valence-corrected chi connectivity index (χ0v) is 19.9. The van der Waals surface area contributed by atoms with Gasteiger partial charge in [0.05, 0.1) is 5.75 Å². The quantitative estimate of drug-likeness (QED) is 0.496. The number of nitrogens with zero attached hydrogens (tertiary/aromatic N) is 1. The van der Waals surface area contributed by atoms with Gasteiger partial charge in [-0.05, 0) is 44.0 Å². The second-order valence-corrected chi connectivity index (χ2v) is 9.13. The second kappa shape index (κ2) is 12.1. The van der Waals surface area contributed by atoms with Crippen molar-refractivity contribution >= 4 is 39.5 Å². The number of carbonyl (C=O) groups excluding carboxylic acids is 2. The summed E-state index contributed by atoms with van der Waals surface area (Å²) < 4.78 is 15.2. The van der Waals surface area contributed by atoms with E-state index < -0.39 is 6.04 Å². The average molecular weight is 495 g/mol. The van der Waals surface area contributed by atoms with Crippen LogP contribution in [0.15, 0.2) is 53.0 Å². The van der Waals surface area contributed by atoms with Gasteiger partial charge in [-0.25, -0.2) is 4.39 Å². The fourth-order valence-electron chi connectivity index (χ4n) is 2.78. The summed E-state index contributed by atoms with van der Waals surface area (Å²) in [5, 5.41) is 2.91. The van der Waals surface area contributed by atoms with Crippen LogP contribution < -0.4 is 5.32 Å². The summed E-state index contributed by atoms with van der Waals surface area (Å²) >= 11 is 4.89. The molecule has 2 rings (SSSR count). The average Bonchev–Trinajstić information content (AvgIpc) is 2.73. The number of nitrogens with one attached hydrogen (secondary N) is 1. The molecule has 0 aromatic heterocycles. The van der Waals surface area contributed by atoms with Gasteiger partial charge in [-0.1, -0.05) is 53.2 Å². The highest BCUT2D eigenvalue weighted by Gasteiger charge is 2.27. The van der Waals surface area contributed by atoms with Crippen molar-refractivity contribution < 1.29 is 14.0 Å². The maximum atomic E-state index is 14.2. The highest BCUT2D eigenvalue weighted by Crippen LogP contribution is 2.19. The molecule has 0 saturated heterocycles. The minimum Gasteiger partial charge on any atom is -0.352 e. The molecule has 4 nitrogen and oxygen atoms in total. The second-order valence-electron chi connectivity index (χ2n) is 7.23. The van der Waals surface area contributed by atoms with Gasteiger partial charge in [-0.15, -0.1) is 11.8 Å². The van der Waals surface area contributed by atoms with E-state index in [2.05, 4.69) is 21.2 Å². The molecule has 0 aliphatic heterocycles. The molecule has 30 heavy (non-hydrogen) atoms. The number of rotatable bonds is 10. The Kier molecular flexibility index (Phi) is 9.85. The Morgan fingerprint density at radius 2 is 1.80 bits per heavy atom. The van der Waals surface area contributed by atoms with Crippen molar-refractivity contribution in [3.63, 3.8) is 0 Å². The van der Waals surface area contributed by atoms with E-state index in [9.17, 15) is 14.0 Å². The topological polar surface area (TPSA) is 49.4 Å². The van der Waals surface area contributed by atoms with E-state index in [4.69, 9.17) is 0 Å². The Morgan fingerprint density at radius 3 is 2.43 bits per heavy atom. The smallest absolute Gasteiger partial charge is 0.242 e. The summed E-state index contributed by atoms with van der Waals surface area (Å²) in [6.45, 7) is 5.65. The minimum absolute atomic E-state index is 0.0112. The van der Waals surface area contributed by atoms with Crippen LogP contribution in [0, 0.1) is 5.82 Å². The van der Waals surface area contributed by atoms with Crippen LogP contribution in [-0.2, 0) is 21.9 Å². The van der Waals surface area contributed by atoms with Crippen molar-refractivity contribution in [1.29, 1.82) is 0 Å². The summed E-state index contributed by atoms with van der Waals surface area (Å²) in [4.78, 5) is 27.1. The Bertz CT molecular complexity index is 847. The van der Waals surface area contributed by atoms with Gasteiger partial charge >= 0.3 is 0 Å². The van der Waals surface area contributed by atoms with Crippen LogP contribution in [0.2, 0.25) is 0 Å². The van der Waals surface area contributed by atoms with E-state index in [-0.39, 0.29) is 36.0 Å². The zero-order chi connectivity index (χ0) is 22.1. The fourth-order valence-corrected chi connectivity index (χ4v) is 3.91. The lowest BCUT2D eigenvalue weighted by molar-refractivity contribution is -0.139. The zero-order valence-electron chi connectivity index (χ0n) is 17.5. The number of hydrogen-bond donors (Lipinski definition) is 1. The molecule has 0 saturated carbocycles. The molecule has 0 fully saturated rings. The van der Waals surface area contributed by atoms with E-state index in [1.54, 1.807) is 25.1 Å². The van der Waals surface area contributed by atoms with Crippen molar-refractivity contribution in [3.05, 3.63) is 69.9 Å². The lowest BCUT2D eigenvalue weighted by atomic mass is 10.1. The molecule has 2 amide bonds. The van der Waals surface area contributed by atoms with Crippen LogP contribution in [-0.4, -0.2) is 34.6 Å². The molecule has 162 valence electrons. The Morgan fingerprint density at radius 1 is 1.13 bits per heavy atom. The van der Waals surface area contributed by atoms with Crippen molar-refractivity contribution in [2.45, 2.75) is 51.6 Å². The monoisotopic (exact) mass is 494 g/mol. The molecule has 2 aromatic carbocycles. The van der Waals surface area contributed by atoms with Crippen LogP contribution in [0.4, 0.5) is 4.39 Å². The van der Waals surface area contributed by atoms with Crippen molar-refractivity contribution in [1.82, 2.24) is 10.2 Å². The number of thioether (sulfide) groups is 1. The Labute approximate surface area is 190 Å². The third-order valence-electron chi connectivity index (χ3n) is 4.87. The van der Waals surface area contributed by atoms with E-state index >= 15 is 0 Å². The molecule has 0 bridgehead atoms. The summed E-state index contributed by atoms with van der Waals surface area (Å²) in [5.74, 6) is 0.0947. The predicted molar refractivity (Wildman–Crippen MR) is 125 cm³/mol. The van der Waals surface area contributed by atoms with Crippen LogP contribution >= 0.6 is 27.7 Å². The SMILES string of the molecule is CC[C@H](C)NC(=O)[C@@H](C)N(Cc1ccccc1F)C(=O)CSCc1ccc(Br)cc1. The lowest BCUT2D eigenvalue weighted by Crippen LogP contribution is -2.50. The number of halogens is 2. The molecular weight excluding hydrogens is 467 g/mol. The van der Waals surface area contributed by atoms with Gasteiger partial charge in [0.25, 0.3) is 0 Å². The predicted octanol–water partition coefficient (Wildman–Crippen LogP) is 5.15. The van der Waals surface area contributed by atoms with Crippen molar-refractivity contribution in [2.75, 3.05) is 5.75 Å². The lowest BCUT2D eigenvalue weighted by Gasteiger charge is -2.29. The highest BCUT2D eigenvalue weighted by molar-refractivity contribution is 9.10. The summed E-state index contributed by atoms with van der Waals surface area (Å²) in [7, 11) is 0. The van der Waals surface area contributed by atoms with Gasteiger partial charge in [-0.3, -0.25) is 9.59 Å². The van der Waals surface area contributed by atoms with Crippen molar-refractivity contribution in [3.8, 4) is 0 Å². The van der Waals surface area contributed by atoms with Crippen LogP contribution in [0.5, 0.6) is 0 Å². The Balaban J connectivity index is 2.08. The first-order chi connectivity index (χ1) is 14.3. The first kappa shape index (κ1) is 24.4. The molecule has 0 heterocycles. The molecule has 0 spiro atoms. The number of amides is 2. The van der Waals surface area contributed by atoms with Crippen LogP contribution in [0.1, 0.15) is 38.3 Å². The van der Waals surface area contributed by atoms with Crippen molar-refractivity contribution in [2.24, 2.45) is 0 Å². The summed E-state index contributed by atoms with van der Waals surface area (Å²) in [6.07, 6.45) is 0.794. The van der Waals surface area contributed by atoms with Gasteiger partial charge in [0.15, 0.2) is 0 Å². The third-order valence-corrected chi connectivity index (χ3v) is 6.39. The number of hydrogen-bond acceptors (Lipinski definition) is 3. The molecule has 7 heteroatoms. The van der Waals surface area contributed by atoms with E-state index in [1.165, 1.54) is 22.7 Å². The van der Waals surface area contributed by atoms with Crippen LogP contribution in [0.3, 0.4) is 0 Å². The summed E-state index contributed by atoms with van der Waals surface area (Å²) in [5.41, 5.74) is 1.51. The first-order valence-electron chi connectivity index (χ1n) is 9.97. The Hall–Kier alpha value is -1.86. The van der Waals surface area contributed by atoms with Gasteiger partial charge < -0.3 is 10.2 Å². The molecule has 1 N–H and O–H groups in total. The van der Waals surface area contributed by atoms with E-state index in [0.29, 0.717) is 11.3 Å². The van der Waals surface area contributed by atoms with Gasteiger partial charge in [0, 0.05) is 28.4 Å². The maximum Gasteiger partial charge on any atom is 0.242 e. The van der Waals surface area contributed by atoms with E-state index in [0.717, 1.165) is 16.5 Å². The normalized spacial score (nSPS) is 12.8. The fraction of sp³-hybridized carbons (Fsp3) is 0.391. The van der Waals surface area contributed by atoms with Crippen LogP contribution in [0.25, 0.3) is 0 Å². The molecule has 2 aromatic rings. The minimum atomic E-state index is -0.695. The first-order valence-corrected chi connectivity index (χ1v) is 11.9. The highest BCUT2D eigenvalue weighted by atomic mass is 79.9. The standard InChI is InChI=1S/C23H28BrFN2O2S/c1-4-16(2)26-23(29)17(3)27(13-19-7-5-6-8-21(19)25)22(28)15-30-14-18-9-11-20(24)12-10-18/h5-12,16-17H,4,13-15H2,1-3H3,(H,26,29)/t16-,17+/m0/s1. The maximum absolute atomic E-state index is 14.2. The molecule has 0 aliphatic carbocycles. The molecule has 0 radical (unpaired) electrons. The summed E-state index contributed by atoms with van der Waals surface area (Å²) in [6, 6.07) is 13.6. The molecular formula is C23H28BrFN2O2S. The third kappa shape index (κ3) is 7.43. The molecule has 2 atom stereocenters. The van der Waals surface area contributed by atoms with E-state index in [1.807, 2.05) is 38.1 Å². The largest absolute Gasteiger partial charge is 0.352 e. The van der Waals surface area contributed by atoms with Gasteiger partial charge in [0.1, 0.15) is 11.9 Å². The number of benzene rings is 2. The van der Waals surface area contributed by atoms with Gasteiger partial charge in [0.2, 0.25) is 11.8 Å². The number of carbonyl (C=O) groups is 2.